The van der Waals surface area contributed by atoms with E-state index in [0.29, 0.717) is 13.2 Å². The van der Waals surface area contributed by atoms with E-state index in [-0.39, 0.29) is 11.4 Å². The standard InChI is InChI=1S/C13H17FN2O/c14-11-2-1-10-3-5-16(12(10)7-11)13(8-15)4-6-17-9-13/h1-2,7H,3-6,8-9,15H2. The van der Waals surface area contributed by atoms with Crippen molar-refractivity contribution >= 4 is 5.69 Å². The Morgan fingerprint density at radius 2 is 2.35 bits per heavy atom. The zero-order valence-electron chi connectivity index (χ0n) is 9.79. The van der Waals surface area contributed by atoms with Gasteiger partial charge in [0, 0.05) is 25.4 Å². The first-order valence-corrected chi connectivity index (χ1v) is 6.09. The van der Waals surface area contributed by atoms with Crippen LogP contribution in [-0.4, -0.2) is 31.8 Å². The molecule has 2 aliphatic heterocycles. The largest absolute Gasteiger partial charge is 0.379 e. The lowest BCUT2D eigenvalue weighted by Crippen LogP contribution is -2.54. The molecule has 0 saturated carbocycles. The minimum Gasteiger partial charge on any atom is -0.379 e. The van der Waals surface area contributed by atoms with Gasteiger partial charge in [0.15, 0.2) is 0 Å². The van der Waals surface area contributed by atoms with E-state index < -0.39 is 0 Å². The van der Waals surface area contributed by atoms with E-state index in [1.807, 2.05) is 6.07 Å². The third kappa shape index (κ3) is 1.63. The van der Waals surface area contributed by atoms with Crippen molar-refractivity contribution in [3.8, 4) is 0 Å². The van der Waals surface area contributed by atoms with Crippen LogP contribution in [0, 0.1) is 5.82 Å². The van der Waals surface area contributed by atoms with E-state index in [9.17, 15) is 4.39 Å². The van der Waals surface area contributed by atoms with Gasteiger partial charge in [0.2, 0.25) is 0 Å². The summed E-state index contributed by atoms with van der Waals surface area (Å²) in [4.78, 5) is 2.25. The van der Waals surface area contributed by atoms with Gasteiger partial charge >= 0.3 is 0 Å². The van der Waals surface area contributed by atoms with Gasteiger partial charge in [-0.1, -0.05) is 6.07 Å². The Labute approximate surface area is 100 Å². The van der Waals surface area contributed by atoms with E-state index >= 15 is 0 Å². The highest BCUT2D eigenvalue weighted by molar-refractivity contribution is 5.60. The second-order valence-electron chi connectivity index (χ2n) is 4.91. The van der Waals surface area contributed by atoms with Crippen LogP contribution in [0.15, 0.2) is 18.2 Å². The van der Waals surface area contributed by atoms with Gasteiger partial charge in [0.05, 0.1) is 12.1 Å². The molecule has 1 fully saturated rings. The molecular formula is C13H17FN2O. The Balaban J connectivity index is 1.99. The maximum Gasteiger partial charge on any atom is 0.125 e. The van der Waals surface area contributed by atoms with E-state index in [1.54, 1.807) is 6.07 Å². The Bertz CT molecular complexity index is 429. The number of halogens is 1. The van der Waals surface area contributed by atoms with E-state index in [4.69, 9.17) is 10.5 Å². The van der Waals surface area contributed by atoms with Crippen molar-refractivity contribution in [3.63, 3.8) is 0 Å². The first-order chi connectivity index (χ1) is 8.25. The third-order valence-electron chi connectivity index (χ3n) is 3.98. The molecule has 0 aromatic heterocycles. The summed E-state index contributed by atoms with van der Waals surface area (Å²) in [5.41, 5.74) is 8.02. The fraction of sp³-hybridized carbons (Fsp3) is 0.538. The van der Waals surface area contributed by atoms with Gasteiger partial charge in [-0.25, -0.2) is 4.39 Å². The molecule has 1 atom stereocenters. The molecule has 2 heterocycles. The summed E-state index contributed by atoms with van der Waals surface area (Å²) in [5, 5.41) is 0. The number of nitrogens with two attached hydrogens (primary N) is 1. The quantitative estimate of drug-likeness (QED) is 0.841. The number of benzene rings is 1. The van der Waals surface area contributed by atoms with Gasteiger partial charge in [-0.3, -0.25) is 0 Å². The number of fused-ring (bicyclic) bond motifs is 1. The molecule has 1 unspecified atom stereocenters. The van der Waals surface area contributed by atoms with Crippen molar-refractivity contribution in [1.29, 1.82) is 0 Å². The van der Waals surface area contributed by atoms with Crippen LogP contribution in [0.2, 0.25) is 0 Å². The third-order valence-corrected chi connectivity index (χ3v) is 3.98. The van der Waals surface area contributed by atoms with Crippen molar-refractivity contribution in [2.45, 2.75) is 18.4 Å². The molecule has 2 N–H and O–H groups in total. The summed E-state index contributed by atoms with van der Waals surface area (Å²) in [7, 11) is 0. The second kappa shape index (κ2) is 3.96. The molecule has 0 radical (unpaired) electrons. The molecule has 17 heavy (non-hydrogen) atoms. The van der Waals surface area contributed by atoms with Crippen molar-refractivity contribution in [3.05, 3.63) is 29.6 Å². The minimum absolute atomic E-state index is 0.126. The molecule has 1 saturated heterocycles. The summed E-state index contributed by atoms with van der Waals surface area (Å²) in [6.45, 7) is 2.88. The Morgan fingerprint density at radius 1 is 1.47 bits per heavy atom. The summed E-state index contributed by atoms with van der Waals surface area (Å²) < 4.78 is 18.9. The Kier molecular flexibility index (Phi) is 2.56. The minimum atomic E-state index is -0.179. The molecule has 1 aromatic rings. The van der Waals surface area contributed by atoms with Crippen LogP contribution in [0.5, 0.6) is 0 Å². The fourth-order valence-electron chi connectivity index (χ4n) is 2.93. The smallest absolute Gasteiger partial charge is 0.125 e. The highest BCUT2D eigenvalue weighted by Crippen LogP contribution is 2.37. The van der Waals surface area contributed by atoms with Crippen LogP contribution < -0.4 is 10.6 Å². The van der Waals surface area contributed by atoms with Gasteiger partial charge < -0.3 is 15.4 Å². The first-order valence-electron chi connectivity index (χ1n) is 6.09. The monoisotopic (exact) mass is 236 g/mol. The lowest BCUT2D eigenvalue weighted by molar-refractivity contribution is 0.177. The summed E-state index contributed by atoms with van der Waals surface area (Å²) in [5.74, 6) is -0.179. The molecule has 4 heteroatoms. The fourth-order valence-corrected chi connectivity index (χ4v) is 2.93. The number of hydrogen-bond donors (Lipinski definition) is 1. The van der Waals surface area contributed by atoms with Gasteiger partial charge in [0.25, 0.3) is 0 Å². The van der Waals surface area contributed by atoms with Crippen molar-refractivity contribution in [2.24, 2.45) is 5.73 Å². The van der Waals surface area contributed by atoms with Crippen LogP contribution in [0.3, 0.4) is 0 Å². The molecule has 2 aliphatic rings. The highest BCUT2D eigenvalue weighted by Gasteiger charge is 2.42. The van der Waals surface area contributed by atoms with Crippen molar-refractivity contribution < 1.29 is 9.13 Å². The molecule has 1 aromatic carbocycles. The molecule has 92 valence electrons. The average Bonchev–Trinajstić information content (AvgIpc) is 2.94. The van der Waals surface area contributed by atoms with Crippen LogP contribution in [0.25, 0.3) is 0 Å². The van der Waals surface area contributed by atoms with Crippen LogP contribution in [0.1, 0.15) is 12.0 Å². The predicted octanol–water partition coefficient (Wildman–Crippen LogP) is 1.31. The van der Waals surface area contributed by atoms with Gasteiger partial charge in [-0.05, 0) is 30.5 Å². The number of hydrogen-bond acceptors (Lipinski definition) is 3. The number of rotatable bonds is 2. The van der Waals surface area contributed by atoms with Gasteiger partial charge in [-0.2, -0.15) is 0 Å². The molecule has 3 nitrogen and oxygen atoms in total. The maximum absolute atomic E-state index is 13.4. The summed E-state index contributed by atoms with van der Waals surface area (Å²) >= 11 is 0. The predicted molar refractivity (Wildman–Crippen MR) is 64.7 cm³/mol. The Morgan fingerprint density at radius 3 is 3.06 bits per heavy atom. The topological polar surface area (TPSA) is 38.5 Å². The van der Waals surface area contributed by atoms with Crippen LogP contribution >= 0.6 is 0 Å². The SMILES string of the molecule is NCC1(N2CCc3ccc(F)cc32)CCOC1. The highest BCUT2D eigenvalue weighted by atomic mass is 19.1. The number of ether oxygens (including phenoxy) is 1. The van der Waals surface area contributed by atoms with Crippen LogP contribution in [-0.2, 0) is 11.2 Å². The lowest BCUT2D eigenvalue weighted by Gasteiger charge is -2.38. The number of nitrogens with zero attached hydrogens (tertiary/aromatic N) is 1. The van der Waals surface area contributed by atoms with E-state index in [2.05, 4.69) is 4.90 Å². The van der Waals surface area contributed by atoms with Gasteiger partial charge in [-0.15, -0.1) is 0 Å². The normalized spacial score (nSPS) is 27.5. The summed E-state index contributed by atoms with van der Waals surface area (Å²) in [6, 6.07) is 5.03. The number of anilines is 1. The molecule has 0 spiro atoms. The van der Waals surface area contributed by atoms with Crippen LogP contribution in [0.4, 0.5) is 10.1 Å². The van der Waals surface area contributed by atoms with Crippen molar-refractivity contribution in [1.82, 2.24) is 0 Å². The molecule has 0 bridgehead atoms. The maximum atomic E-state index is 13.4. The lowest BCUT2D eigenvalue weighted by atomic mass is 9.96. The average molecular weight is 236 g/mol. The second-order valence-corrected chi connectivity index (χ2v) is 4.91. The first kappa shape index (κ1) is 11.0. The van der Waals surface area contributed by atoms with Crippen molar-refractivity contribution in [2.75, 3.05) is 31.2 Å². The molecule has 0 aliphatic carbocycles. The molecular weight excluding hydrogens is 219 g/mol. The molecule has 0 amide bonds. The summed E-state index contributed by atoms with van der Waals surface area (Å²) in [6.07, 6.45) is 1.90. The van der Waals surface area contributed by atoms with Gasteiger partial charge in [0.1, 0.15) is 5.82 Å². The zero-order chi connectivity index (χ0) is 11.9. The Hall–Kier alpha value is -1.13. The zero-order valence-corrected chi connectivity index (χ0v) is 9.79. The van der Waals surface area contributed by atoms with E-state index in [1.165, 1.54) is 11.6 Å². The molecule has 3 rings (SSSR count). The van der Waals surface area contributed by atoms with E-state index in [0.717, 1.165) is 31.7 Å².